The van der Waals surface area contributed by atoms with E-state index in [-0.39, 0.29) is 23.8 Å². The Morgan fingerprint density at radius 2 is 2.15 bits per heavy atom. The Morgan fingerprint density at radius 1 is 1.40 bits per heavy atom. The molecule has 5 heteroatoms. The molecule has 0 radical (unpaired) electrons. The molecule has 0 bridgehead atoms. The summed E-state index contributed by atoms with van der Waals surface area (Å²) >= 11 is 0. The van der Waals surface area contributed by atoms with E-state index in [1.54, 1.807) is 11.9 Å². The van der Waals surface area contributed by atoms with Crippen LogP contribution in [0.1, 0.15) is 33.1 Å². The summed E-state index contributed by atoms with van der Waals surface area (Å²) in [4.78, 5) is 27.4. The van der Waals surface area contributed by atoms with Crippen LogP contribution in [0.15, 0.2) is 0 Å². The maximum absolute atomic E-state index is 12.4. The summed E-state index contributed by atoms with van der Waals surface area (Å²) in [6.07, 6.45) is 2.52. The average Bonchev–Trinajstić information content (AvgIpc) is 2.96. The third-order valence-electron chi connectivity index (χ3n) is 4.20. The molecule has 0 aromatic rings. The Kier molecular flexibility index (Phi) is 5.02. The highest BCUT2D eigenvalue weighted by Crippen LogP contribution is 2.22. The molecule has 2 unspecified atom stereocenters. The van der Waals surface area contributed by atoms with Gasteiger partial charge in [0.15, 0.2) is 0 Å². The SMILES string of the molecule is CC(C)CCOC1CCN(C(=O)C2CC(=O)N(C)C2)C1. The summed E-state index contributed by atoms with van der Waals surface area (Å²) in [7, 11) is 1.76. The summed E-state index contributed by atoms with van der Waals surface area (Å²) in [6, 6.07) is 0. The van der Waals surface area contributed by atoms with E-state index in [0.717, 1.165) is 26.0 Å². The molecular weight excluding hydrogens is 256 g/mol. The van der Waals surface area contributed by atoms with Crippen molar-refractivity contribution in [1.29, 1.82) is 0 Å². The first kappa shape index (κ1) is 15.3. The molecule has 2 aliphatic rings. The molecule has 2 aliphatic heterocycles. The van der Waals surface area contributed by atoms with Crippen molar-refractivity contribution in [3.8, 4) is 0 Å². The van der Waals surface area contributed by atoms with Crippen LogP contribution in [0.5, 0.6) is 0 Å². The average molecular weight is 282 g/mol. The van der Waals surface area contributed by atoms with E-state index in [1.165, 1.54) is 0 Å². The second-order valence-corrected chi connectivity index (χ2v) is 6.42. The van der Waals surface area contributed by atoms with Crippen LogP contribution in [-0.2, 0) is 14.3 Å². The molecule has 0 saturated carbocycles. The van der Waals surface area contributed by atoms with Gasteiger partial charge in [-0.2, -0.15) is 0 Å². The first-order chi connectivity index (χ1) is 9.47. The van der Waals surface area contributed by atoms with E-state index >= 15 is 0 Å². The minimum absolute atomic E-state index is 0.0762. The lowest BCUT2D eigenvalue weighted by atomic mass is 10.1. The molecule has 0 N–H and O–H groups in total. The lowest BCUT2D eigenvalue weighted by molar-refractivity contribution is -0.135. The van der Waals surface area contributed by atoms with E-state index in [4.69, 9.17) is 4.74 Å². The van der Waals surface area contributed by atoms with Crippen molar-refractivity contribution >= 4 is 11.8 Å². The van der Waals surface area contributed by atoms with E-state index in [9.17, 15) is 9.59 Å². The third-order valence-corrected chi connectivity index (χ3v) is 4.20. The number of amides is 2. The van der Waals surface area contributed by atoms with Gasteiger partial charge >= 0.3 is 0 Å². The summed E-state index contributed by atoms with van der Waals surface area (Å²) in [6.45, 7) is 7.15. The van der Waals surface area contributed by atoms with Crippen LogP contribution in [0, 0.1) is 11.8 Å². The third kappa shape index (κ3) is 3.72. The van der Waals surface area contributed by atoms with Gasteiger partial charge < -0.3 is 14.5 Å². The Labute approximate surface area is 121 Å². The van der Waals surface area contributed by atoms with Crippen LogP contribution in [0.25, 0.3) is 0 Å². The monoisotopic (exact) mass is 282 g/mol. The van der Waals surface area contributed by atoms with Gasteiger partial charge in [0.2, 0.25) is 11.8 Å². The standard InChI is InChI=1S/C15H26N2O3/c1-11(2)5-7-20-13-4-6-17(10-13)15(19)12-8-14(18)16(3)9-12/h11-13H,4-10H2,1-3H3. The van der Waals surface area contributed by atoms with Crippen LogP contribution < -0.4 is 0 Å². The maximum atomic E-state index is 12.4. The van der Waals surface area contributed by atoms with Crippen molar-refractivity contribution in [2.75, 3.05) is 33.3 Å². The van der Waals surface area contributed by atoms with E-state index in [2.05, 4.69) is 13.8 Å². The largest absolute Gasteiger partial charge is 0.376 e. The Hall–Kier alpha value is -1.10. The number of carbonyl (C=O) groups excluding carboxylic acids is 2. The van der Waals surface area contributed by atoms with Crippen LogP contribution >= 0.6 is 0 Å². The summed E-state index contributed by atoms with van der Waals surface area (Å²) in [5.41, 5.74) is 0. The number of carbonyl (C=O) groups is 2. The van der Waals surface area contributed by atoms with Crippen LogP contribution in [0.3, 0.4) is 0 Å². The molecule has 2 amide bonds. The molecule has 2 fully saturated rings. The molecule has 2 heterocycles. The molecule has 2 rings (SSSR count). The van der Waals surface area contributed by atoms with Crippen molar-refractivity contribution in [2.45, 2.75) is 39.2 Å². The van der Waals surface area contributed by atoms with Crippen molar-refractivity contribution < 1.29 is 14.3 Å². The number of ether oxygens (including phenoxy) is 1. The van der Waals surface area contributed by atoms with Crippen molar-refractivity contribution in [3.63, 3.8) is 0 Å². The molecule has 2 atom stereocenters. The number of nitrogens with zero attached hydrogens (tertiary/aromatic N) is 2. The summed E-state index contributed by atoms with van der Waals surface area (Å²) in [5, 5.41) is 0. The smallest absolute Gasteiger partial charge is 0.228 e. The molecule has 2 saturated heterocycles. The number of rotatable bonds is 5. The fourth-order valence-electron chi connectivity index (χ4n) is 2.82. The van der Waals surface area contributed by atoms with E-state index in [0.29, 0.717) is 25.4 Å². The van der Waals surface area contributed by atoms with E-state index < -0.39 is 0 Å². The number of hydrogen-bond donors (Lipinski definition) is 0. The maximum Gasteiger partial charge on any atom is 0.228 e. The van der Waals surface area contributed by atoms with Crippen LogP contribution in [0.4, 0.5) is 0 Å². The quantitative estimate of drug-likeness (QED) is 0.759. The van der Waals surface area contributed by atoms with Crippen LogP contribution in [0.2, 0.25) is 0 Å². The van der Waals surface area contributed by atoms with Gasteiger partial charge in [-0.3, -0.25) is 9.59 Å². The second-order valence-electron chi connectivity index (χ2n) is 6.42. The molecule has 114 valence electrons. The Balaban J connectivity index is 1.75. The molecule has 0 spiro atoms. The minimum Gasteiger partial charge on any atom is -0.376 e. The van der Waals surface area contributed by atoms with Gasteiger partial charge in [0.05, 0.1) is 12.0 Å². The van der Waals surface area contributed by atoms with Gasteiger partial charge in [0.1, 0.15) is 0 Å². The molecule has 0 aromatic heterocycles. The fraction of sp³-hybridized carbons (Fsp3) is 0.867. The topological polar surface area (TPSA) is 49.9 Å². The highest BCUT2D eigenvalue weighted by atomic mass is 16.5. The molecule has 0 aliphatic carbocycles. The van der Waals surface area contributed by atoms with Gasteiger partial charge in [-0.05, 0) is 18.8 Å². The molecule has 5 nitrogen and oxygen atoms in total. The van der Waals surface area contributed by atoms with Gasteiger partial charge in [-0.15, -0.1) is 0 Å². The van der Waals surface area contributed by atoms with E-state index in [1.807, 2.05) is 4.90 Å². The lowest BCUT2D eigenvalue weighted by Gasteiger charge is -2.20. The first-order valence-corrected chi connectivity index (χ1v) is 7.61. The lowest BCUT2D eigenvalue weighted by Crippen LogP contribution is -2.36. The zero-order valence-electron chi connectivity index (χ0n) is 12.8. The number of hydrogen-bond acceptors (Lipinski definition) is 3. The van der Waals surface area contributed by atoms with Gasteiger partial charge in [0.25, 0.3) is 0 Å². The van der Waals surface area contributed by atoms with Crippen molar-refractivity contribution in [1.82, 2.24) is 9.80 Å². The second kappa shape index (κ2) is 6.57. The predicted molar refractivity (Wildman–Crippen MR) is 76.1 cm³/mol. The predicted octanol–water partition coefficient (Wildman–Crippen LogP) is 1.13. The Morgan fingerprint density at radius 3 is 2.75 bits per heavy atom. The zero-order chi connectivity index (χ0) is 14.7. The minimum atomic E-state index is -0.151. The molecular formula is C15H26N2O3. The van der Waals surface area contributed by atoms with Crippen LogP contribution in [-0.4, -0.2) is 61.0 Å². The summed E-state index contributed by atoms with van der Waals surface area (Å²) < 4.78 is 5.83. The molecule has 20 heavy (non-hydrogen) atoms. The van der Waals surface area contributed by atoms with Gasteiger partial charge in [-0.25, -0.2) is 0 Å². The fourth-order valence-corrected chi connectivity index (χ4v) is 2.82. The number of likely N-dealkylation sites (tertiary alicyclic amines) is 2. The zero-order valence-corrected chi connectivity index (χ0v) is 12.8. The van der Waals surface area contributed by atoms with Crippen molar-refractivity contribution in [3.05, 3.63) is 0 Å². The highest BCUT2D eigenvalue weighted by Gasteiger charge is 2.37. The first-order valence-electron chi connectivity index (χ1n) is 7.61. The van der Waals surface area contributed by atoms with Gasteiger partial charge in [0, 0.05) is 39.7 Å². The normalized spacial score (nSPS) is 26.9. The highest BCUT2D eigenvalue weighted by molar-refractivity contribution is 5.89. The molecule has 0 aromatic carbocycles. The van der Waals surface area contributed by atoms with Crippen molar-refractivity contribution in [2.24, 2.45) is 11.8 Å². The summed E-state index contributed by atoms with van der Waals surface area (Å²) in [5.74, 6) is 0.695. The Bertz CT molecular complexity index is 370. The van der Waals surface area contributed by atoms with Gasteiger partial charge in [-0.1, -0.05) is 13.8 Å².